The van der Waals surface area contributed by atoms with Crippen molar-refractivity contribution in [2.75, 3.05) is 19.6 Å². The number of hydrogen-bond acceptors (Lipinski definition) is 8. The molecule has 0 saturated carbocycles. The molecule has 8 nitrogen and oxygen atoms in total. The molecule has 0 fully saturated rings. The fraction of sp³-hybridized carbons (Fsp3) is 0. The summed E-state index contributed by atoms with van der Waals surface area (Å²) in [5.41, 5.74) is 25.0. The van der Waals surface area contributed by atoms with Crippen LogP contribution in [-0.2, 0) is 0 Å². The standard InChI is InChI=1S/C68H44N2O2Si.C64H42N2O2Si/c1-2-20-48(21-3-1)70-61-27-10-13-31-67(61)73(51-37-39-58-56-24-8-11-29-63(56)71-65(58)43-51,52-38-40-59-57-25-9-12-30-64(57)72-66(59)44-52)68-41-36-50(42-62(68)70)69(60-28-15-19-46-17-5-7-23-55(46)60)49-34-32-47(33-35-49)54-26-14-18-45-16-4-6-22-53(45)54;1-3-16-43(17-4-1)44-30-32-47(33-31-44)65(56-26-15-19-45-18-7-8-22-51(45)56)48-34-39-64-58(40-48)66(46-20-5-2-6-21-46)57-25-11-14-29-63(57)69(64,49-35-37-54-52-23-9-12-27-59(52)67-61(54)41-49)50-36-38-55-53-24-10-13-28-60(53)68-62(55)42-50/h1-44H;1-42H. The average molecular weight is 1850 g/mol. The first-order valence-corrected chi connectivity index (χ1v) is 52.5. The summed E-state index contributed by atoms with van der Waals surface area (Å²) in [5, 5.41) is 26.2. The van der Waals surface area contributed by atoms with Crippen LogP contribution in [0, 0.1) is 0 Å². The molecule has 666 valence electrons. The second kappa shape index (κ2) is 33.3. The lowest BCUT2D eigenvalue weighted by Crippen LogP contribution is -2.77. The Kier molecular flexibility index (Phi) is 19.2. The van der Waals surface area contributed by atoms with Crippen molar-refractivity contribution >= 4 is 246 Å². The fourth-order valence-electron chi connectivity index (χ4n) is 23.3. The Bertz CT molecular complexity index is 9450. The molecular formula is C132H86N4O4Si2. The lowest BCUT2D eigenvalue weighted by Gasteiger charge is -2.45. The summed E-state index contributed by atoms with van der Waals surface area (Å²) in [4.78, 5) is 9.86. The van der Waals surface area contributed by atoms with Crippen molar-refractivity contribution < 1.29 is 17.7 Å². The summed E-state index contributed by atoms with van der Waals surface area (Å²) < 4.78 is 27.0. The highest BCUT2D eigenvalue weighted by Gasteiger charge is 2.52. The summed E-state index contributed by atoms with van der Waals surface area (Å²) in [6.45, 7) is 0. The first-order valence-electron chi connectivity index (χ1n) is 48.5. The van der Waals surface area contributed by atoms with Crippen LogP contribution >= 0.6 is 0 Å². The van der Waals surface area contributed by atoms with Gasteiger partial charge in [-0.3, -0.25) is 0 Å². The van der Waals surface area contributed by atoms with E-state index in [2.05, 4.69) is 529 Å². The van der Waals surface area contributed by atoms with Gasteiger partial charge in [-0.1, -0.05) is 376 Å². The number of furan rings is 4. The van der Waals surface area contributed by atoms with Crippen molar-refractivity contribution in [2.24, 2.45) is 0 Å². The Balaban J connectivity index is 0.000000139. The minimum atomic E-state index is -3.29. The van der Waals surface area contributed by atoms with E-state index in [9.17, 15) is 0 Å². The highest BCUT2D eigenvalue weighted by atomic mass is 28.3. The van der Waals surface area contributed by atoms with E-state index in [0.29, 0.717) is 0 Å². The molecule has 23 aromatic carbocycles. The minimum absolute atomic E-state index is 0.880. The van der Waals surface area contributed by atoms with Crippen LogP contribution in [0.2, 0.25) is 0 Å². The molecule has 29 rings (SSSR count). The van der Waals surface area contributed by atoms with Crippen molar-refractivity contribution in [3.8, 4) is 22.3 Å². The zero-order valence-corrected chi connectivity index (χ0v) is 79.1. The van der Waals surface area contributed by atoms with E-state index in [4.69, 9.17) is 17.7 Å². The second-order valence-electron chi connectivity index (χ2n) is 37.2. The number of benzene rings is 23. The summed E-state index contributed by atoms with van der Waals surface area (Å²) >= 11 is 0. The summed E-state index contributed by atoms with van der Waals surface area (Å²) in [5.74, 6) is 0. The summed E-state index contributed by atoms with van der Waals surface area (Å²) in [6, 6.07) is 191. The molecule has 0 aliphatic carbocycles. The molecule has 0 bridgehead atoms. The molecule has 0 atom stereocenters. The Morgan fingerprint density at radius 2 is 0.451 bits per heavy atom. The topological polar surface area (TPSA) is 65.5 Å². The Morgan fingerprint density at radius 1 is 0.169 bits per heavy atom. The maximum absolute atomic E-state index is 6.77. The van der Waals surface area contributed by atoms with E-state index in [1.807, 2.05) is 12.1 Å². The third-order valence-electron chi connectivity index (χ3n) is 29.6. The number of anilines is 12. The molecule has 0 amide bonds. The zero-order chi connectivity index (χ0) is 93.5. The van der Waals surface area contributed by atoms with E-state index in [1.54, 1.807) is 0 Å². The largest absolute Gasteiger partial charge is 0.456 e. The molecule has 6 heterocycles. The molecule has 142 heavy (non-hydrogen) atoms. The van der Waals surface area contributed by atoms with Crippen LogP contribution < -0.4 is 61.1 Å². The van der Waals surface area contributed by atoms with E-state index < -0.39 is 16.1 Å². The van der Waals surface area contributed by atoms with E-state index >= 15 is 0 Å². The molecule has 0 spiro atoms. The lowest BCUT2D eigenvalue weighted by atomic mass is 9.98. The normalized spacial score (nSPS) is 13.0. The van der Waals surface area contributed by atoms with Crippen LogP contribution in [-0.4, -0.2) is 16.1 Å². The molecule has 4 aromatic heterocycles. The monoisotopic (exact) mass is 1850 g/mol. The molecule has 0 radical (unpaired) electrons. The molecule has 0 unspecified atom stereocenters. The first-order chi connectivity index (χ1) is 70.4. The zero-order valence-electron chi connectivity index (χ0n) is 77.1. The number of nitrogens with zero attached hydrogens (tertiary/aromatic N) is 4. The van der Waals surface area contributed by atoms with Gasteiger partial charge in [0.2, 0.25) is 0 Å². The third kappa shape index (κ3) is 13.0. The van der Waals surface area contributed by atoms with Gasteiger partial charge in [0.25, 0.3) is 0 Å². The van der Waals surface area contributed by atoms with Crippen molar-refractivity contribution in [1.82, 2.24) is 0 Å². The molecule has 0 saturated heterocycles. The van der Waals surface area contributed by atoms with Gasteiger partial charge in [0, 0.05) is 111 Å². The molecular weight excluding hydrogens is 1760 g/mol. The SMILES string of the molecule is c1ccc(-c2ccc(N(c3ccc4c(c3)N(c3ccccc3)c3ccccc3[Si]4(c3ccc4c(c3)oc3ccccc34)c3ccc4c(c3)oc3ccccc34)c3cccc4ccccc34)cc2)cc1.c1ccc(N2c3ccccc3[Si](c3ccc4c(c3)oc3ccccc34)(c3ccc4c(c3)oc3ccccc34)c3ccc(N(c4ccc(-c5cccc6ccccc56)cc4)c4cccc5ccccc45)cc32)cc1. The molecule has 2 aliphatic rings. The molecule has 0 N–H and O–H groups in total. The highest BCUT2D eigenvalue weighted by molar-refractivity contribution is 7.22. The van der Waals surface area contributed by atoms with Crippen LogP contribution in [0.4, 0.5) is 68.2 Å². The number of hydrogen-bond donors (Lipinski definition) is 0. The quantitative estimate of drug-likeness (QED) is 0.0998. The number of rotatable bonds is 14. The van der Waals surface area contributed by atoms with Crippen LogP contribution in [0.3, 0.4) is 0 Å². The predicted molar refractivity (Wildman–Crippen MR) is 598 cm³/mol. The second-order valence-corrected chi connectivity index (χ2v) is 44.6. The van der Waals surface area contributed by atoms with Crippen molar-refractivity contribution in [2.45, 2.75) is 0 Å². The van der Waals surface area contributed by atoms with Crippen molar-refractivity contribution in [3.05, 3.63) is 522 Å². The van der Waals surface area contributed by atoms with Crippen LogP contribution in [0.1, 0.15) is 0 Å². The van der Waals surface area contributed by atoms with Gasteiger partial charge in [0.1, 0.15) is 44.7 Å². The number of fused-ring (bicyclic) bond motifs is 19. The average Bonchev–Trinajstić information content (AvgIpc) is 1.05. The fourth-order valence-corrected chi connectivity index (χ4v) is 33.4. The van der Waals surface area contributed by atoms with Crippen molar-refractivity contribution in [1.29, 1.82) is 0 Å². The van der Waals surface area contributed by atoms with Gasteiger partial charge in [-0.15, -0.1) is 0 Å². The lowest BCUT2D eigenvalue weighted by molar-refractivity contribution is 0.668. The van der Waals surface area contributed by atoms with Gasteiger partial charge in [-0.25, -0.2) is 0 Å². The van der Waals surface area contributed by atoms with Gasteiger partial charge in [-0.05, 0) is 231 Å². The van der Waals surface area contributed by atoms with Gasteiger partial charge in [0.15, 0.2) is 16.1 Å². The maximum atomic E-state index is 6.77. The third-order valence-corrected chi connectivity index (χ3v) is 39.2. The Morgan fingerprint density at radius 3 is 0.845 bits per heavy atom. The number of para-hydroxylation sites is 8. The van der Waals surface area contributed by atoms with Gasteiger partial charge < -0.3 is 37.3 Å². The Labute approximate surface area is 821 Å². The van der Waals surface area contributed by atoms with Gasteiger partial charge in [-0.2, -0.15) is 0 Å². The smallest absolute Gasteiger partial charge is 0.184 e. The van der Waals surface area contributed by atoms with Crippen LogP contribution in [0.5, 0.6) is 0 Å². The highest BCUT2D eigenvalue weighted by Crippen LogP contribution is 2.50. The first kappa shape index (κ1) is 82.0. The van der Waals surface area contributed by atoms with E-state index in [0.717, 1.165) is 156 Å². The molecule has 2 aliphatic heterocycles. The van der Waals surface area contributed by atoms with Crippen molar-refractivity contribution in [3.63, 3.8) is 0 Å². The summed E-state index contributed by atoms with van der Waals surface area (Å²) in [6.07, 6.45) is 0. The maximum Gasteiger partial charge on any atom is 0.184 e. The van der Waals surface area contributed by atoms with Crippen LogP contribution in [0.15, 0.2) is 539 Å². The van der Waals surface area contributed by atoms with Crippen LogP contribution in [0.25, 0.3) is 142 Å². The van der Waals surface area contributed by atoms with Gasteiger partial charge >= 0.3 is 0 Å². The van der Waals surface area contributed by atoms with Gasteiger partial charge in [0.05, 0.1) is 11.4 Å². The van der Waals surface area contributed by atoms with E-state index in [1.165, 1.54) is 96.1 Å². The van der Waals surface area contributed by atoms with E-state index in [-0.39, 0.29) is 0 Å². The molecule has 27 aromatic rings. The Hall–Kier alpha value is -18.3. The predicted octanol–water partition coefficient (Wildman–Crippen LogP) is 31.0. The summed E-state index contributed by atoms with van der Waals surface area (Å²) in [7, 11) is -6.56. The molecule has 10 heteroatoms. The minimum Gasteiger partial charge on any atom is -0.456 e.